The largest absolute Gasteiger partial charge is 0.481 e. The highest BCUT2D eigenvalue weighted by molar-refractivity contribution is 7.89. The minimum atomic E-state index is -3.82. The lowest BCUT2D eigenvalue weighted by Gasteiger charge is -2.29. The van der Waals surface area contributed by atoms with Crippen molar-refractivity contribution in [3.8, 4) is 11.1 Å². The number of aliphatic hydroxyl groups is 1. The number of carbonyl (C=O) groups is 1. The van der Waals surface area contributed by atoms with Crippen LogP contribution < -0.4 is 5.32 Å². The first-order valence-electron chi connectivity index (χ1n) is 14.3. The van der Waals surface area contributed by atoms with E-state index in [1.807, 2.05) is 55.5 Å². The van der Waals surface area contributed by atoms with E-state index in [1.165, 1.54) is 16.9 Å². The fourth-order valence-electron chi connectivity index (χ4n) is 4.93. The van der Waals surface area contributed by atoms with Gasteiger partial charge in [0, 0.05) is 32.1 Å². The van der Waals surface area contributed by atoms with Crippen molar-refractivity contribution in [2.24, 2.45) is 0 Å². The molecule has 0 saturated carbocycles. The number of carboxylic acids is 1. The van der Waals surface area contributed by atoms with Crippen LogP contribution in [0.2, 0.25) is 0 Å². The Balaban J connectivity index is 1.61. The summed E-state index contributed by atoms with van der Waals surface area (Å²) in [6.07, 6.45) is 3.08. The van der Waals surface area contributed by atoms with Gasteiger partial charge < -0.3 is 15.5 Å². The minimum absolute atomic E-state index is 0.0219. The molecule has 1 unspecified atom stereocenters. The maximum absolute atomic E-state index is 13.5. The second kappa shape index (κ2) is 14.7. The molecule has 0 aliphatic carbocycles. The van der Waals surface area contributed by atoms with Crippen LogP contribution in [-0.4, -0.2) is 60.7 Å². The van der Waals surface area contributed by atoms with Gasteiger partial charge in [0.05, 0.1) is 11.0 Å². The van der Waals surface area contributed by atoms with E-state index in [9.17, 15) is 18.3 Å². The predicted molar refractivity (Wildman–Crippen MR) is 164 cm³/mol. The molecule has 0 aromatic heterocycles. The number of rotatable bonds is 16. The quantitative estimate of drug-likeness (QED) is 0.212. The summed E-state index contributed by atoms with van der Waals surface area (Å²) >= 11 is 0. The van der Waals surface area contributed by atoms with Gasteiger partial charge in [0.15, 0.2) is 0 Å². The number of nitrogens with one attached hydrogen (secondary N) is 1. The Morgan fingerprint density at radius 2 is 1.63 bits per heavy atom. The van der Waals surface area contributed by atoms with Gasteiger partial charge >= 0.3 is 5.97 Å². The summed E-state index contributed by atoms with van der Waals surface area (Å²) in [5.41, 5.74) is 4.51. The first-order chi connectivity index (χ1) is 19.4. The van der Waals surface area contributed by atoms with E-state index in [0.717, 1.165) is 36.0 Å². The van der Waals surface area contributed by atoms with Gasteiger partial charge in [-0.1, -0.05) is 67.6 Å². The fourth-order valence-corrected chi connectivity index (χ4v) is 6.41. The number of nitrogens with zero attached hydrogens (tertiary/aromatic N) is 1. The zero-order valence-electron chi connectivity index (χ0n) is 24.6. The predicted octanol–water partition coefficient (Wildman–Crippen LogP) is 5.31. The van der Waals surface area contributed by atoms with Crippen molar-refractivity contribution in [1.82, 2.24) is 9.62 Å². The molecule has 0 radical (unpaired) electrons. The van der Waals surface area contributed by atoms with Crippen molar-refractivity contribution in [1.29, 1.82) is 0 Å². The summed E-state index contributed by atoms with van der Waals surface area (Å²) in [6.45, 7) is 6.38. The molecule has 0 amide bonds. The lowest BCUT2D eigenvalue weighted by molar-refractivity contribution is -0.136. The van der Waals surface area contributed by atoms with Crippen LogP contribution >= 0.6 is 0 Å². The zero-order valence-corrected chi connectivity index (χ0v) is 25.5. The summed E-state index contributed by atoms with van der Waals surface area (Å²) in [5.74, 6) is -0.842. The smallest absolute Gasteiger partial charge is 0.303 e. The number of benzene rings is 3. The van der Waals surface area contributed by atoms with Crippen LogP contribution in [0.25, 0.3) is 11.1 Å². The summed E-state index contributed by atoms with van der Waals surface area (Å²) in [6, 6.07) is 23.3. The van der Waals surface area contributed by atoms with Crippen LogP contribution in [0.4, 0.5) is 0 Å². The van der Waals surface area contributed by atoms with Crippen LogP contribution in [-0.2, 0) is 34.1 Å². The van der Waals surface area contributed by atoms with Crippen LogP contribution in [0.5, 0.6) is 0 Å². The van der Waals surface area contributed by atoms with Gasteiger partial charge in [-0.25, -0.2) is 8.42 Å². The molecule has 1 atom stereocenters. The Morgan fingerprint density at radius 3 is 2.32 bits per heavy atom. The standard InChI is InChI=1S/C33H44N2O5S/c1-5-27-22-29(28-15-9-13-26(21-28)16-19-32(37)38)17-18-31(27)41(39,40)35(4)24-30(36)23-34-33(2,3)20-10-14-25-11-7-6-8-12-25/h6-9,11-13,15,17-18,21-22,30,34,36H,5,10,14,16,19-20,23-24H2,1-4H3,(H,37,38). The van der Waals surface area contributed by atoms with E-state index in [2.05, 4.69) is 31.3 Å². The van der Waals surface area contributed by atoms with Gasteiger partial charge in [-0.15, -0.1) is 0 Å². The molecule has 3 aromatic carbocycles. The molecular formula is C33H44N2O5S. The molecule has 7 nitrogen and oxygen atoms in total. The van der Waals surface area contributed by atoms with Gasteiger partial charge in [0.25, 0.3) is 0 Å². The lowest BCUT2D eigenvalue weighted by atomic mass is 9.95. The molecule has 0 fully saturated rings. The summed E-state index contributed by atoms with van der Waals surface area (Å²) < 4.78 is 28.3. The van der Waals surface area contributed by atoms with E-state index in [1.54, 1.807) is 12.1 Å². The van der Waals surface area contributed by atoms with Crippen LogP contribution in [0.15, 0.2) is 77.7 Å². The van der Waals surface area contributed by atoms with Crippen molar-refractivity contribution < 1.29 is 23.4 Å². The van der Waals surface area contributed by atoms with Gasteiger partial charge in [-0.3, -0.25) is 4.79 Å². The zero-order chi connectivity index (χ0) is 30.0. The van der Waals surface area contributed by atoms with Gasteiger partial charge in [0.1, 0.15) is 0 Å². The molecule has 0 spiro atoms. The van der Waals surface area contributed by atoms with Crippen molar-refractivity contribution in [3.63, 3.8) is 0 Å². The normalized spacial score (nSPS) is 12.9. The van der Waals surface area contributed by atoms with Crippen LogP contribution in [0, 0.1) is 0 Å². The Labute approximate surface area is 245 Å². The number of hydrogen-bond donors (Lipinski definition) is 3. The first-order valence-corrected chi connectivity index (χ1v) is 15.7. The van der Waals surface area contributed by atoms with Crippen molar-refractivity contribution in [2.45, 2.75) is 75.8 Å². The molecule has 0 heterocycles. The second-order valence-electron chi connectivity index (χ2n) is 11.3. The molecule has 8 heteroatoms. The molecule has 41 heavy (non-hydrogen) atoms. The number of aliphatic hydroxyl groups excluding tert-OH is 1. The van der Waals surface area contributed by atoms with E-state index < -0.39 is 22.1 Å². The summed E-state index contributed by atoms with van der Waals surface area (Å²) in [4.78, 5) is 11.2. The maximum atomic E-state index is 13.5. The molecule has 0 saturated heterocycles. The number of hydrogen-bond acceptors (Lipinski definition) is 5. The molecular weight excluding hydrogens is 536 g/mol. The Hall–Kier alpha value is -3.04. The number of sulfonamides is 1. The van der Waals surface area contributed by atoms with Crippen LogP contribution in [0.3, 0.4) is 0 Å². The maximum Gasteiger partial charge on any atom is 0.303 e. The lowest BCUT2D eigenvalue weighted by Crippen LogP contribution is -2.46. The number of β-amino-alcohol motifs (C(OH)–C–C–N with tert-alkyl or cyclic N) is 1. The number of aliphatic carboxylic acids is 1. The van der Waals surface area contributed by atoms with Crippen LogP contribution in [0.1, 0.15) is 56.7 Å². The van der Waals surface area contributed by atoms with E-state index in [-0.39, 0.29) is 29.9 Å². The molecule has 222 valence electrons. The molecule has 3 rings (SSSR count). The third kappa shape index (κ3) is 9.78. The third-order valence-corrected chi connectivity index (χ3v) is 9.34. The average molecular weight is 581 g/mol. The molecule has 3 aromatic rings. The average Bonchev–Trinajstić information content (AvgIpc) is 2.95. The Morgan fingerprint density at radius 1 is 0.951 bits per heavy atom. The summed E-state index contributed by atoms with van der Waals surface area (Å²) in [7, 11) is -2.32. The van der Waals surface area contributed by atoms with E-state index in [0.29, 0.717) is 18.4 Å². The number of likely N-dealkylation sites (N-methyl/N-ethyl adjacent to an activating group) is 1. The van der Waals surface area contributed by atoms with Crippen molar-refractivity contribution in [2.75, 3.05) is 20.1 Å². The highest BCUT2D eigenvalue weighted by Crippen LogP contribution is 2.28. The first kappa shape index (κ1) is 32.5. The molecule has 3 N–H and O–H groups in total. The van der Waals surface area contributed by atoms with E-state index in [4.69, 9.17) is 5.11 Å². The highest BCUT2D eigenvalue weighted by atomic mass is 32.2. The molecule has 0 aliphatic heterocycles. The topological polar surface area (TPSA) is 107 Å². The number of carboxylic acid groups (broad SMARTS) is 1. The monoisotopic (exact) mass is 580 g/mol. The van der Waals surface area contributed by atoms with Gasteiger partial charge in [-0.2, -0.15) is 4.31 Å². The second-order valence-corrected chi connectivity index (χ2v) is 13.3. The minimum Gasteiger partial charge on any atom is -0.481 e. The van der Waals surface area contributed by atoms with Gasteiger partial charge in [0.2, 0.25) is 10.0 Å². The Bertz CT molecular complexity index is 1390. The highest BCUT2D eigenvalue weighted by Gasteiger charge is 2.27. The third-order valence-electron chi connectivity index (χ3n) is 7.41. The van der Waals surface area contributed by atoms with E-state index >= 15 is 0 Å². The Kier molecular flexibility index (Phi) is 11.7. The van der Waals surface area contributed by atoms with Gasteiger partial charge in [-0.05, 0) is 85.9 Å². The van der Waals surface area contributed by atoms with Crippen molar-refractivity contribution in [3.05, 3.63) is 89.5 Å². The summed E-state index contributed by atoms with van der Waals surface area (Å²) in [5, 5.41) is 23.1. The molecule has 0 aliphatic rings. The number of aryl methyl sites for hydroxylation is 3. The van der Waals surface area contributed by atoms with Crippen molar-refractivity contribution >= 4 is 16.0 Å². The SMILES string of the molecule is CCc1cc(-c2cccc(CCC(=O)O)c2)ccc1S(=O)(=O)N(C)CC(O)CNC(C)(C)CCCc1ccccc1. The fraction of sp³-hybridized carbons (Fsp3) is 0.424. The molecule has 0 bridgehead atoms.